The van der Waals surface area contributed by atoms with E-state index in [0.29, 0.717) is 0 Å². The number of aromatic nitrogens is 1. The van der Waals surface area contributed by atoms with E-state index in [2.05, 4.69) is 66.0 Å². The molecule has 0 aliphatic carbocycles. The number of aryl methyl sites for hydroxylation is 3. The topological polar surface area (TPSA) is 12.9 Å². The van der Waals surface area contributed by atoms with Crippen molar-refractivity contribution in [3.05, 3.63) is 51.6 Å². The zero-order chi connectivity index (χ0) is 12.4. The van der Waals surface area contributed by atoms with Crippen molar-refractivity contribution in [2.45, 2.75) is 30.7 Å². The second kappa shape index (κ2) is 5.23. The van der Waals surface area contributed by atoms with Crippen LogP contribution < -0.4 is 0 Å². The summed E-state index contributed by atoms with van der Waals surface area (Å²) in [6.45, 7) is 6.35. The Labute approximate surface area is 115 Å². The summed E-state index contributed by atoms with van der Waals surface area (Å²) in [6, 6.07) is 8.61. The minimum absolute atomic E-state index is 1.04. The van der Waals surface area contributed by atoms with Crippen LogP contribution in [0.4, 0.5) is 0 Å². The molecule has 0 radical (unpaired) electrons. The van der Waals surface area contributed by atoms with Crippen LogP contribution in [-0.4, -0.2) is 4.98 Å². The molecule has 0 spiro atoms. The standard InChI is InChI=1S/C14H14BrNS/c1-9-4-5-12(6-10(9)2)17-14-7-11(3)13(15)8-16-14/h4-8H,1-3H3. The third kappa shape index (κ3) is 3.11. The van der Waals surface area contributed by atoms with Gasteiger partial charge in [0.1, 0.15) is 5.03 Å². The summed E-state index contributed by atoms with van der Waals surface area (Å²) in [5.41, 5.74) is 3.87. The highest BCUT2D eigenvalue weighted by atomic mass is 79.9. The van der Waals surface area contributed by atoms with Gasteiger partial charge >= 0.3 is 0 Å². The molecule has 3 heteroatoms. The second-order valence-corrected chi connectivity index (χ2v) is 6.07. The Hall–Kier alpha value is -0.800. The van der Waals surface area contributed by atoms with E-state index in [1.54, 1.807) is 11.8 Å². The molecule has 0 aliphatic heterocycles. The van der Waals surface area contributed by atoms with Gasteiger partial charge in [-0.05, 0) is 71.6 Å². The molecule has 0 saturated carbocycles. The maximum absolute atomic E-state index is 4.40. The van der Waals surface area contributed by atoms with Gasteiger partial charge in [-0.3, -0.25) is 0 Å². The fourth-order valence-corrected chi connectivity index (χ4v) is 2.64. The van der Waals surface area contributed by atoms with Gasteiger partial charge in [0.2, 0.25) is 0 Å². The summed E-state index contributed by atoms with van der Waals surface area (Å²) < 4.78 is 1.06. The maximum Gasteiger partial charge on any atom is 0.101 e. The fraction of sp³-hybridized carbons (Fsp3) is 0.214. The molecule has 0 bridgehead atoms. The largest absolute Gasteiger partial charge is 0.248 e. The number of hydrogen-bond acceptors (Lipinski definition) is 2. The molecule has 0 saturated heterocycles. The number of hydrogen-bond donors (Lipinski definition) is 0. The van der Waals surface area contributed by atoms with Gasteiger partial charge in [-0.15, -0.1) is 0 Å². The SMILES string of the molecule is Cc1ccc(Sc2cc(C)c(Br)cn2)cc1C. The minimum atomic E-state index is 1.04. The first kappa shape index (κ1) is 12.7. The van der Waals surface area contributed by atoms with Gasteiger partial charge in [0.15, 0.2) is 0 Å². The molecule has 0 aliphatic rings. The highest BCUT2D eigenvalue weighted by Crippen LogP contribution is 2.29. The van der Waals surface area contributed by atoms with E-state index in [1.165, 1.54) is 21.6 Å². The van der Waals surface area contributed by atoms with Crippen molar-refractivity contribution in [3.8, 4) is 0 Å². The van der Waals surface area contributed by atoms with Gasteiger partial charge in [0.05, 0.1) is 0 Å². The van der Waals surface area contributed by atoms with Crippen molar-refractivity contribution in [3.63, 3.8) is 0 Å². The van der Waals surface area contributed by atoms with Crippen LogP contribution in [0.15, 0.2) is 44.9 Å². The summed E-state index contributed by atoms with van der Waals surface area (Å²) in [5.74, 6) is 0. The molecular formula is C14H14BrNS. The van der Waals surface area contributed by atoms with E-state index >= 15 is 0 Å². The molecule has 0 atom stereocenters. The Kier molecular flexibility index (Phi) is 3.89. The van der Waals surface area contributed by atoms with E-state index in [-0.39, 0.29) is 0 Å². The summed E-state index contributed by atoms with van der Waals surface area (Å²) in [7, 11) is 0. The van der Waals surface area contributed by atoms with Crippen LogP contribution in [0.1, 0.15) is 16.7 Å². The molecule has 17 heavy (non-hydrogen) atoms. The van der Waals surface area contributed by atoms with E-state index in [0.717, 1.165) is 9.50 Å². The van der Waals surface area contributed by atoms with Gasteiger partial charge in [0, 0.05) is 15.6 Å². The van der Waals surface area contributed by atoms with Gasteiger partial charge in [0.25, 0.3) is 0 Å². The van der Waals surface area contributed by atoms with Gasteiger partial charge < -0.3 is 0 Å². The number of nitrogens with zero attached hydrogens (tertiary/aromatic N) is 1. The van der Waals surface area contributed by atoms with E-state index in [1.807, 2.05) is 6.20 Å². The molecule has 2 aromatic rings. The minimum Gasteiger partial charge on any atom is -0.248 e. The number of rotatable bonds is 2. The summed E-state index contributed by atoms with van der Waals surface area (Å²) in [5, 5.41) is 1.04. The molecule has 1 nitrogen and oxygen atoms in total. The molecular weight excluding hydrogens is 294 g/mol. The van der Waals surface area contributed by atoms with E-state index < -0.39 is 0 Å². The Morgan fingerprint density at radius 2 is 1.76 bits per heavy atom. The van der Waals surface area contributed by atoms with Crippen molar-refractivity contribution in [2.75, 3.05) is 0 Å². The molecule has 0 unspecified atom stereocenters. The van der Waals surface area contributed by atoms with Gasteiger partial charge in [-0.25, -0.2) is 4.98 Å². The van der Waals surface area contributed by atoms with Crippen LogP contribution >= 0.6 is 27.7 Å². The summed E-state index contributed by atoms with van der Waals surface area (Å²) in [4.78, 5) is 5.64. The lowest BCUT2D eigenvalue weighted by Crippen LogP contribution is -1.85. The lowest BCUT2D eigenvalue weighted by molar-refractivity contribution is 1.10. The first-order valence-corrected chi connectivity index (χ1v) is 7.04. The lowest BCUT2D eigenvalue weighted by Gasteiger charge is -2.05. The van der Waals surface area contributed by atoms with Crippen LogP contribution in [0, 0.1) is 20.8 Å². The second-order valence-electron chi connectivity index (χ2n) is 4.12. The summed E-state index contributed by atoms with van der Waals surface area (Å²) >= 11 is 5.17. The fourth-order valence-electron chi connectivity index (χ4n) is 1.47. The van der Waals surface area contributed by atoms with Crippen LogP contribution in [0.2, 0.25) is 0 Å². The maximum atomic E-state index is 4.40. The van der Waals surface area contributed by atoms with Crippen molar-refractivity contribution in [1.29, 1.82) is 0 Å². The van der Waals surface area contributed by atoms with E-state index in [4.69, 9.17) is 0 Å². The third-order valence-corrected chi connectivity index (χ3v) is 4.47. The monoisotopic (exact) mass is 307 g/mol. The van der Waals surface area contributed by atoms with Crippen molar-refractivity contribution in [1.82, 2.24) is 4.98 Å². The van der Waals surface area contributed by atoms with Crippen molar-refractivity contribution < 1.29 is 0 Å². The number of halogens is 1. The molecule has 1 heterocycles. The van der Waals surface area contributed by atoms with Gasteiger partial charge in [-0.1, -0.05) is 17.8 Å². The van der Waals surface area contributed by atoms with Crippen LogP contribution in [0.3, 0.4) is 0 Å². The predicted molar refractivity (Wildman–Crippen MR) is 76.7 cm³/mol. The Morgan fingerprint density at radius 3 is 2.41 bits per heavy atom. The summed E-state index contributed by atoms with van der Waals surface area (Å²) in [6.07, 6.45) is 1.86. The van der Waals surface area contributed by atoms with E-state index in [9.17, 15) is 0 Å². The lowest BCUT2D eigenvalue weighted by atomic mass is 10.1. The molecule has 0 fully saturated rings. The van der Waals surface area contributed by atoms with Gasteiger partial charge in [-0.2, -0.15) is 0 Å². The first-order chi connectivity index (χ1) is 8.06. The Balaban J connectivity index is 2.25. The Bertz CT molecular complexity index is 502. The smallest absolute Gasteiger partial charge is 0.101 e. The molecule has 88 valence electrons. The molecule has 1 aromatic heterocycles. The highest BCUT2D eigenvalue weighted by molar-refractivity contribution is 9.10. The molecule has 0 amide bonds. The zero-order valence-electron chi connectivity index (χ0n) is 10.1. The van der Waals surface area contributed by atoms with Crippen LogP contribution in [-0.2, 0) is 0 Å². The normalized spacial score (nSPS) is 10.6. The zero-order valence-corrected chi connectivity index (χ0v) is 12.5. The predicted octanol–water partition coefficient (Wildman–Crippen LogP) is 4.92. The average molecular weight is 308 g/mol. The molecule has 1 aromatic carbocycles. The molecule has 0 N–H and O–H groups in total. The van der Waals surface area contributed by atoms with Crippen molar-refractivity contribution >= 4 is 27.7 Å². The van der Waals surface area contributed by atoms with Crippen LogP contribution in [0.5, 0.6) is 0 Å². The first-order valence-electron chi connectivity index (χ1n) is 5.43. The number of benzene rings is 1. The highest BCUT2D eigenvalue weighted by Gasteiger charge is 2.02. The average Bonchev–Trinajstić information content (AvgIpc) is 2.29. The Morgan fingerprint density at radius 1 is 1.00 bits per heavy atom. The van der Waals surface area contributed by atoms with Crippen molar-refractivity contribution in [2.24, 2.45) is 0 Å². The quantitative estimate of drug-likeness (QED) is 0.781. The third-order valence-electron chi connectivity index (χ3n) is 2.72. The number of pyridine rings is 1. The van der Waals surface area contributed by atoms with Crippen LogP contribution in [0.25, 0.3) is 0 Å². The molecule has 2 rings (SSSR count).